The van der Waals surface area contributed by atoms with Gasteiger partial charge >= 0.3 is 0 Å². The maximum absolute atomic E-state index is 10.1. The zero-order valence-corrected chi connectivity index (χ0v) is 5.02. The van der Waals surface area contributed by atoms with Gasteiger partial charge in [0.1, 0.15) is 5.71 Å². The Morgan fingerprint density at radius 2 is 2.50 bits per heavy atom. The molecule has 5 heteroatoms. The van der Waals surface area contributed by atoms with Gasteiger partial charge in [-0.25, -0.2) is 0 Å². The summed E-state index contributed by atoms with van der Waals surface area (Å²) in [7, 11) is 0. The molecule has 0 amide bonds. The standard InChI is InChI=1S/C5H5N3O2/c6-4-1-2-7-3-5(4)8(9)10/h1-3,5-6H. The van der Waals surface area contributed by atoms with Crippen LogP contribution in [0.15, 0.2) is 17.3 Å². The summed E-state index contributed by atoms with van der Waals surface area (Å²) >= 11 is 0. The lowest BCUT2D eigenvalue weighted by Crippen LogP contribution is -2.30. The summed E-state index contributed by atoms with van der Waals surface area (Å²) in [6.45, 7) is 0. The second-order valence-corrected chi connectivity index (χ2v) is 1.80. The highest BCUT2D eigenvalue weighted by Gasteiger charge is 2.22. The molecule has 1 N–H and O–H groups in total. The van der Waals surface area contributed by atoms with E-state index in [-0.39, 0.29) is 5.71 Å². The molecule has 10 heavy (non-hydrogen) atoms. The molecule has 0 bridgehead atoms. The molecule has 0 fully saturated rings. The molecular formula is C5H5N3O2. The van der Waals surface area contributed by atoms with E-state index in [1.54, 1.807) is 0 Å². The Bertz CT molecular complexity index is 231. The Kier molecular flexibility index (Phi) is 1.57. The van der Waals surface area contributed by atoms with Gasteiger partial charge in [0.05, 0.1) is 6.21 Å². The predicted molar refractivity (Wildman–Crippen MR) is 36.1 cm³/mol. The molecule has 0 aromatic carbocycles. The van der Waals surface area contributed by atoms with Crippen LogP contribution < -0.4 is 0 Å². The van der Waals surface area contributed by atoms with Crippen molar-refractivity contribution in [1.82, 2.24) is 0 Å². The van der Waals surface area contributed by atoms with Gasteiger partial charge in [-0.1, -0.05) is 0 Å². The third-order valence-corrected chi connectivity index (χ3v) is 1.11. The molecule has 52 valence electrons. The summed E-state index contributed by atoms with van der Waals surface area (Å²) in [5.41, 5.74) is -0.0278. The van der Waals surface area contributed by atoms with Crippen LogP contribution >= 0.6 is 0 Å². The minimum Gasteiger partial charge on any atom is -0.298 e. The number of rotatable bonds is 1. The number of nitrogens with one attached hydrogen (secondary N) is 1. The number of nitrogens with zero attached hydrogens (tertiary/aromatic N) is 2. The Hall–Kier alpha value is -1.52. The molecule has 0 aromatic heterocycles. The minimum absolute atomic E-state index is 0.0278. The average molecular weight is 139 g/mol. The highest BCUT2D eigenvalue weighted by atomic mass is 16.6. The maximum Gasteiger partial charge on any atom is 0.288 e. The van der Waals surface area contributed by atoms with Crippen LogP contribution in [0.25, 0.3) is 0 Å². The van der Waals surface area contributed by atoms with E-state index in [4.69, 9.17) is 5.41 Å². The van der Waals surface area contributed by atoms with Crippen LogP contribution in [-0.4, -0.2) is 22.9 Å². The van der Waals surface area contributed by atoms with Gasteiger partial charge in [-0.15, -0.1) is 0 Å². The van der Waals surface area contributed by atoms with Gasteiger partial charge in [0.25, 0.3) is 6.04 Å². The summed E-state index contributed by atoms with van der Waals surface area (Å²) in [6.07, 6.45) is 3.82. The van der Waals surface area contributed by atoms with E-state index in [9.17, 15) is 10.1 Å². The summed E-state index contributed by atoms with van der Waals surface area (Å²) in [5.74, 6) is 0. The van der Waals surface area contributed by atoms with E-state index < -0.39 is 11.0 Å². The highest BCUT2D eigenvalue weighted by molar-refractivity contribution is 6.07. The van der Waals surface area contributed by atoms with Crippen molar-refractivity contribution in [3.63, 3.8) is 0 Å². The number of nitro groups is 1. The number of hydrogen-bond donors (Lipinski definition) is 1. The lowest BCUT2D eigenvalue weighted by molar-refractivity contribution is -0.483. The fraction of sp³-hybridized carbons (Fsp3) is 0.200. The zero-order chi connectivity index (χ0) is 7.56. The molecular weight excluding hydrogens is 134 g/mol. The quantitative estimate of drug-likeness (QED) is 0.417. The van der Waals surface area contributed by atoms with Crippen molar-refractivity contribution in [3.8, 4) is 0 Å². The first kappa shape index (κ1) is 6.60. The first-order chi connectivity index (χ1) is 4.72. The largest absolute Gasteiger partial charge is 0.298 e. The molecule has 1 heterocycles. The van der Waals surface area contributed by atoms with Gasteiger partial charge < -0.3 is 0 Å². The van der Waals surface area contributed by atoms with Crippen molar-refractivity contribution in [1.29, 1.82) is 5.41 Å². The first-order valence-electron chi connectivity index (χ1n) is 2.63. The smallest absolute Gasteiger partial charge is 0.288 e. The van der Waals surface area contributed by atoms with E-state index in [1.807, 2.05) is 0 Å². The topological polar surface area (TPSA) is 79.3 Å². The predicted octanol–water partition coefficient (Wildman–Crippen LogP) is 0.250. The lowest BCUT2D eigenvalue weighted by Gasteiger charge is -2.03. The molecule has 0 aromatic rings. The van der Waals surface area contributed by atoms with Gasteiger partial charge in [0.15, 0.2) is 0 Å². The summed E-state index contributed by atoms with van der Waals surface area (Å²) in [5, 5.41) is 17.2. The van der Waals surface area contributed by atoms with Crippen molar-refractivity contribution >= 4 is 11.9 Å². The monoisotopic (exact) mass is 139 g/mol. The van der Waals surface area contributed by atoms with E-state index in [0.717, 1.165) is 6.21 Å². The van der Waals surface area contributed by atoms with E-state index in [1.165, 1.54) is 12.3 Å². The van der Waals surface area contributed by atoms with Crippen molar-refractivity contribution < 1.29 is 4.92 Å². The highest BCUT2D eigenvalue weighted by Crippen LogP contribution is 1.97. The molecule has 5 nitrogen and oxygen atoms in total. The SMILES string of the molecule is N=C1C=CN=CC1[N+](=O)[O-]. The first-order valence-corrected chi connectivity index (χ1v) is 2.63. The Labute approximate surface area is 56.7 Å². The van der Waals surface area contributed by atoms with Gasteiger partial charge in [-0.3, -0.25) is 20.5 Å². The summed E-state index contributed by atoms with van der Waals surface area (Å²) in [4.78, 5) is 13.1. The molecule has 1 aliphatic rings. The normalized spacial score (nSPS) is 23.2. The lowest BCUT2D eigenvalue weighted by atomic mass is 10.2. The third-order valence-electron chi connectivity index (χ3n) is 1.11. The molecule has 0 saturated heterocycles. The van der Waals surface area contributed by atoms with E-state index in [2.05, 4.69) is 4.99 Å². The van der Waals surface area contributed by atoms with Gasteiger partial charge in [-0.2, -0.15) is 0 Å². The number of aliphatic imine (C=N–C) groups is 1. The molecule has 1 rings (SSSR count). The Balaban J connectivity index is 2.80. The fourth-order valence-corrected chi connectivity index (χ4v) is 0.601. The summed E-state index contributed by atoms with van der Waals surface area (Å²) < 4.78 is 0. The summed E-state index contributed by atoms with van der Waals surface area (Å²) in [6, 6.07) is -1.05. The number of hydrogen-bond acceptors (Lipinski definition) is 4. The van der Waals surface area contributed by atoms with Crippen molar-refractivity contribution in [2.24, 2.45) is 4.99 Å². The van der Waals surface area contributed by atoms with Crippen molar-refractivity contribution in [2.45, 2.75) is 6.04 Å². The fourth-order valence-electron chi connectivity index (χ4n) is 0.601. The molecule has 1 unspecified atom stereocenters. The van der Waals surface area contributed by atoms with Crippen LogP contribution in [0.1, 0.15) is 0 Å². The molecule has 1 aliphatic heterocycles. The molecule has 0 radical (unpaired) electrons. The van der Waals surface area contributed by atoms with Crippen LogP contribution in [0.4, 0.5) is 0 Å². The Morgan fingerprint density at radius 1 is 1.80 bits per heavy atom. The minimum atomic E-state index is -1.05. The second-order valence-electron chi connectivity index (χ2n) is 1.80. The van der Waals surface area contributed by atoms with Gasteiger partial charge in [-0.05, 0) is 6.08 Å². The van der Waals surface area contributed by atoms with Gasteiger partial charge in [0.2, 0.25) is 0 Å². The van der Waals surface area contributed by atoms with E-state index >= 15 is 0 Å². The average Bonchev–Trinajstić information content (AvgIpc) is 1.88. The Morgan fingerprint density at radius 3 is 2.90 bits per heavy atom. The molecule has 0 spiro atoms. The molecule has 0 saturated carbocycles. The van der Waals surface area contributed by atoms with Crippen molar-refractivity contribution in [2.75, 3.05) is 0 Å². The maximum atomic E-state index is 10.1. The van der Waals surface area contributed by atoms with Gasteiger partial charge in [0, 0.05) is 11.1 Å². The zero-order valence-electron chi connectivity index (χ0n) is 5.02. The molecule has 1 atom stereocenters. The van der Waals surface area contributed by atoms with Crippen LogP contribution in [0.5, 0.6) is 0 Å². The van der Waals surface area contributed by atoms with Crippen LogP contribution in [0.3, 0.4) is 0 Å². The second kappa shape index (κ2) is 2.38. The third kappa shape index (κ3) is 1.07. The van der Waals surface area contributed by atoms with Crippen LogP contribution in [0.2, 0.25) is 0 Å². The van der Waals surface area contributed by atoms with Crippen LogP contribution in [-0.2, 0) is 0 Å². The van der Waals surface area contributed by atoms with E-state index in [0.29, 0.717) is 0 Å². The molecule has 0 aliphatic carbocycles. The van der Waals surface area contributed by atoms with Crippen LogP contribution in [0, 0.1) is 15.5 Å². The van der Waals surface area contributed by atoms with Crippen molar-refractivity contribution in [3.05, 3.63) is 22.4 Å².